The first-order valence-corrected chi connectivity index (χ1v) is 8.56. The fraction of sp³-hybridized carbons (Fsp3) is 0.500. The quantitative estimate of drug-likeness (QED) is 0.764. The van der Waals surface area contributed by atoms with Crippen LogP contribution in [0, 0.1) is 0 Å². The molecule has 6 nitrogen and oxygen atoms in total. The summed E-state index contributed by atoms with van der Waals surface area (Å²) in [7, 11) is -3.74. The molecule has 1 atom stereocenters. The zero-order valence-corrected chi connectivity index (χ0v) is 12.8. The van der Waals surface area contributed by atoms with Gasteiger partial charge in [0.15, 0.2) is 6.10 Å². The van der Waals surface area contributed by atoms with E-state index in [9.17, 15) is 13.2 Å². The highest BCUT2D eigenvalue weighted by molar-refractivity contribution is 7.89. The number of ether oxygens (including phenoxy) is 1. The highest BCUT2D eigenvalue weighted by Crippen LogP contribution is 2.30. The van der Waals surface area contributed by atoms with Crippen LogP contribution >= 0.6 is 0 Å². The SMILES string of the molecule is CCCCCNC(=O)C1Cc2cc(S(N)(=O)=O)ccc2O1. The zero-order valence-electron chi connectivity index (χ0n) is 12.0. The van der Waals surface area contributed by atoms with Crippen molar-refractivity contribution in [3.05, 3.63) is 23.8 Å². The largest absolute Gasteiger partial charge is 0.480 e. The number of nitrogens with two attached hydrogens (primary N) is 1. The second-order valence-electron chi connectivity index (χ2n) is 5.12. The number of sulfonamides is 1. The van der Waals surface area contributed by atoms with Crippen LogP contribution < -0.4 is 15.2 Å². The molecule has 1 aromatic carbocycles. The molecule has 0 saturated carbocycles. The van der Waals surface area contributed by atoms with Gasteiger partial charge in [-0.2, -0.15) is 0 Å². The highest BCUT2D eigenvalue weighted by atomic mass is 32.2. The molecular formula is C14H20N2O4S. The summed E-state index contributed by atoms with van der Waals surface area (Å²) in [5.74, 6) is 0.371. The summed E-state index contributed by atoms with van der Waals surface area (Å²) in [5, 5.41) is 7.92. The molecule has 1 aromatic rings. The molecule has 0 aliphatic carbocycles. The molecule has 3 N–H and O–H groups in total. The topological polar surface area (TPSA) is 98.5 Å². The Hall–Kier alpha value is -1.60. The van der Waals surface area contributed by atoms with E-state index in [0.717, 1.165) is 19.3 Å². The Balaban J connectivity index is 1.98. The van der Waals surface area contributed by atoms with Crippen LogP contribution in [0.4, 0.5) is 0 Å². The molecule has 0 spiro atoms. The number of amides is 1. The van der Waals surface area contributed by atoms with E-state index in [1.165, 1.54) is 12.1 Å². The number of rotatable bonds is 6. The lowest BCUT2D eigenvalue weighted by molar-refractivity contribution is -0.127. The molecule has 21 heavy (non-hydrogen) atoms. The van der Waals surface area contributed by atoms with Crippen molar-refractivity contribution in [2.75, 3.05) is 6.54 Å². The van der Waals surface area contributed by atoms with E-state index in [1.54, 1.807) is 6.07 Å². The number of nitrogens with one attached hydrogen (secondary N) is 1. The average molecular weight is 312 g/mol. The Bertz CT molecular complexity index is 628. The maximum Gasteiger partial charge on any atom is 0.261 e. The fourth-order valence-corrected chi connectivity index (χ4v) is 2.81. The van der Waals surface area contributed by atoms with Crippen LogP contribution in [0.3, 0.4) is 0 Å². The molecule has 2 rings (SSSR count). The molecule has 0 saturated heterocycles. The third-order valence-corrected chi connectivity index (χ3v) is 4.32. The van der Waals surface area contributed by atoms with E-state index < -0.39 is 16.1 Å². The van der Waals surface area contributed by atoms with Gasteiger partial charge in [-0.3, -0.25) is 4.79 Å². The summed E-state index contributed by atoms with van der Waals surface area (Å²) in [5.41, 5.74) is 0.690. The molecule has 0 radical (unpaired) electrons. The van der Waals surface area contributed by atoms with Gasteiger partial charge in [0, 0.05) is 13.0 Å². The molecule has 1 heterocycles. The van der Waals surface area contributed by atoms with E-state index in [-0.39, 0.29) is 10.8 Å². The van der Waals surface area contributed by atoms with E-state index >= 15 is 0 Å². The number of hydrogen-bond acceptors (Lipinski definition) is 4. The minimum atomic E-state index is -3.74. The van der Waals surface area contributed by atoms with Crippen molar-refractivity contribution in [1.29, 1.82) is 0 Å². The Labute approximate surface area is 124 Å². The number of primary sulfonamides is 1. The van der Waals surface area contributed by atoms with Gasteiger partial charge in [0.2, 0.25) is 10.0 Å². The standard InChI is InChI=1S/C14H20N2O4S/c1-2-3-4-7-16-14(17)13-9-10-8-11(21(15,18)19)5-6-12(10)20-13/h5-6,8,13H,2-4,7,9H2,1H3,(H,16,17)(H2,15,18,19). The van der Waals surface area contributed by atoms with Gasteiger partial charge in [-0.25, -0.2) is 13.6 Å². The van der Waals surface area contributed by atoms with E-state index in [0.29, 0.717) is 24.3 Å². The number of carbonyl (C=O) groups excluding carboxylic acids is 1. The Morgan fingerprint density at radius 2 is 2.19 bits per heavy atom. The highest BCUT2D eigenvalue weighted by Gasteiger charge is 2.29. The van der Waals surface area contributed by atoms with Crippen LogP contribution in [0.15, 0.2) is 23.1 Å². The molecule has 1 aliphatic heterocycles. The zero-order chi connectivity index (χ0) is 15.5. The summed E-state index contributed by atoms with van der Waals surface area (Å²) < 4.78 is 28.2. The lowest BCUT2D eigenvalue weighted by atomic mass is 10.1. The van der Waals surface area contributed by atoms with E-state index in [1.807, 2.05) is 0 Å². The number of unbranched alkanes of at least 4 members (excludes halogenated alkanes) is 2. The van der Waals surface area contributed by atoms with E-state index in [2.05, 4.69) is 12.2 Å². The summed E-state index contributed by atoms with van der Waals surface area (Å²) >= 11 is 0. The lowest BCUT2D eigenvalue weighted by Gasteiger charge is -2.10. The first-order valence-electron chi connectivity index (χ1n) is 7.02. The molecule has 0 bridgehead atoms. The molecule has 1 unspecified atom stereocenters. The van der Waals surface area contributed by atoms with Gasteiger partial charge >= 0.3 is 0 Å². The third-order valence-electron chi connectivity index (χ3n) is 3.41. The van der Waals surface area contributed by atoms with Crippen LogP contribution in [0.5, 0.6) is 5.75 Å². The maximum atomic E-state index is 12.0. The fourth-order valence-electron chi connectivity index (χ4n) is 2.25. The van der Waals surface area contributed by atoms with Gasteiger partial charge in [0.05, 0.1) is 4.90 Å². The van der Waals surface area contributed by atoms with Gasteiger partial charge in [0.1, 0.15) is 5.75 Å². The molecule has 0 aromatic heterocycles. The van der Waals surface area contributed by atoms with Crippen molar-refractivity contribution < 1.29 is 17.9 Å². The van der Waals surface area contributed by atoms with Crippen molar-refractivity contribution in [2.45, 2.75) is 43.6 Å². The van der Waals surface area contributed by atoms with Gasteiger partial charge in [0.25, 0.3) is 5.91 Å². The Kier molecular flexibility index (Phi) is 4.84. The van der Waals surface area contributed by atoms with Crippen LogP contribution in [-0.4, -0.2) is 27.0 Å². The summed E-state index contributed by atoms with van der Waals surface area (Å²) in [4.78, 5) is 12.0. The molecule has 1 amide bonds. The summed E-state index contributed by atoms with van der Waals surface area (Å²) in [6, 6.07) is 4.39. The predicted molar refractivity (Wildman–Crippen MR) is 78.5 cm³/mol. The second kappa shape index (κ2) is 6.44. The molecule has 7 heteroatoms. The van der Waals surface area contributed by atoms with Gasteiger partial charge < -0.3 is 10.1 Å². The smallest absolute Gasteiger partial charge is 0.261 e. The van der Waals surface area contributed by atoms with Crippen molar-refractivity contribution in [2.24, 2.45) is 5.14 Å². The van der Waals surface area contributed by atoms with Crippen LogP contribution in [0.2, 0.25) is 0 Å². The molecule has 116 valence electrons. The molecule has 1 aliphatic rings. The Morgan fingerprint density at radius 1 is 1.43 bits per heavy atom. The van der Waals surface area contributed by atoms with Crippen LogP contribution in [0.25, 0.3) is 0 Å². The van der Waals surface area contributed by atoms with Crippen LogP contribution in [-0.2, 0) is 21.2 Å². The minimum Gasteiger partial charge on any atom is -0.480 e. The van der Waals surface area contributed by atoms with Gasteiger partial charge in [-0.15, -0.1) is 0 Å². The summed E-state index contributed by atoms with van der Waals surface area (Å²) in [6.45, 7) is 2.73. The average Bonchev–Trinajstić information content (AvgIpc) is 2.85. The Morgan fingerprint density at radius 3 is 2.86 bits per heavy atom. The first kappa shape index (κ1) is 15.8. The number of benzene rings is 1. The third kappa shape index (κ3) is 3.95. The van der Waals surface area contributed by atoms with Crippen molar-refractivity contribution in [3.8, 4) is 5.75 Å². The normalized spacial score (nSPS) is 17.1. The summed E-state index contributed by atoms with van der Waals surface area (Å²) in [6.07, 6.45) is 2.87. The first-order chi connectivity index (χ1) is 9.91. The van der Waals surface area contributed by atoms with Crippen molar-refractivity contribution >= 4 is 15.9 Å². The predicted octanol–water partition coefficient (Wildman–Crippen LogP) is 0.944. The monoisotopic (exact) mass is 312 g/mol. The van der Waals surface area contributed by atoms with Gasteiger partial charge in [-0.05, 0) is 30.2 Å². The molecular weight excluding hydrogens is 292 g/mol. The second-order valence-corrected chi connectivity index (χ2v) is 6.68. The van der Waals surface area contributed by atoms with E-state index in [4.69, 9.17) is 9.88 Å². The number of carbonyl (C=O) groups is 1. The lowest BCUT2D eigenvalue weighted by Crippen LogP contribution is -2.37. The van der Waals surface area contributed by atoms with Crippen LogP contribution in [0.1, 0.15) is 31.7 Å². The van der Waals surface area contributed by atoms with Crippen molar-refractivity contribution in [3.63, 3.8) is 0 Å². The number of hydrogen-bond donors (Lipinski definition) is 2. The van der Waals surface area contributed by atoms with Crippen molar-refractivity contribution in [1.82, 2.24) is 5.32 Å². The minimum absolute atomic E-state index is 0.0360. The van der Waals surface area contributed by atoms with Gasteiger partial charge in [-0.1, -0.05) is 19.8 Å². The number of fused-ring (bicyclic) bond motifs is 1. The molecule has 0 fully saturated rings. The maximum absolute atomic E-state index is 12.0.